The Hall–Kier alpha value is -2.54. The second-order valence-electron chi connectivity index (χ2n) is 4.65. The Labute approximate surface area is 142 Å². The molecule has 0 heterocycles. The monoisotopic (exact) mass is 356 g/mol. The fourth-order valence-electron chi connectivity index (χ4n) is 1.88. The van der Waals surface area contributed by atoms with E-state index in [1.54, 1.807) is 18.2 Å². The number of nitrogens with one attached hydrogen (secondary N) is 2. The van der Waals surface area contributed by atoms with Gasteiger partial charge in [0.1, 0.15) is 11.5 Å². The number of hydrogen-bond donors (Lipinski definition) is 2. The van der Waals surface area contributed by atoms with Gasteiger partial charge in [-0.15, -0.1) is 0 Å². The van der Waals surface area contributed by atoms with Crippen LogP contribution < -0.4 is 20.1 Å². The second kappa shape index (κ2) is 8.35. The molecular formula is C16H15ClF2N2O3. The van der Waals surface area contributed by atoms with E-state index in [1.807, 2.05) is 0 Å². The summed E-state index contributed by atoms with van der Waals surface area (Å²) in [6.07, 6.45) is 0. The first-order valence-corrected chi connectivity index (χ1v) is 7.28. The van der Waals surface area contributed by atoms with Crippen LogP contribution in [0, 0.1) is 0 Å². The Balaban J connectivity index is 1.85. The van der Waals surface area contributed by atoms with Crippen LogP contribution in [0.1, 0.15) is 0 Å². The number of carbonyl (C=O) groups excluding carboxylic acids is 1. The third-order valence-electron chi connectivity index (χ3n) is 2.97. The van der Waals surface area contributed by atoms with Crippen LogP contribution in [-0.2, 0) is 4.79 Å². The average Bonchev–Trinajstić information content (AvgIpc) is 2.54. The molecule has 128 valence electrons. The SMILES string of the molecule is COc1ccc(NCC(=O)Nc2ccc(OC(F)F)cc2)cc1Cl. The van der Waals surface area contributed by atoms with Gasteiger partial charge in [0.2, 0.25) is 5.91 Å². The summed E-state index contributed by atoms with van der Waals surface area (Å²) in [5, 5.41) is 5.97. The molecular weight excluding hydrogens is 342 g/mol. The molecule has 2 N–H and O–H groups in total. The minimum absolute atomic E-state index is 0.0118. The van der Waals surface area contributed by atoms with Gasteiger partial charge in [-0.25, -0.2) is 0 Å². The third-order valence-corrected chi connectivity index (χ3v) is 3.26. The minimum Gasteiger partial charge on any atom is -0.495 e. The molecule has 0 unspecified atom stereocenters. The lowest BCUT2D eigenvalue weighted by Crippen LogP contribution is -2.21. The molecule has 0 saturated heterocycles. The number of methoxy groups -OCH3 is 1. The van der Waals surface area contributed by atoms with Crippen LogP contribution in [0.15, 0.2) is 42.5 Å². The van der Waals surface area contributed by atoms with Crippen LogP contribution >= 0.6 is 11.6 Å². The fraction of sp³-hybridized carbons (Fsp3) is 0.188. The van der Waals surface area contributed by atoms with Gasteiger partial charge in [0, 0.05) is 11.4 Å². The van der Waals surface area contributed by atoms with Crippen LogP contribution in [0.4, 0.5) is 20.2 Å². The first-order chi connectivity index (χ1) is 11.5. The Morgan fingerprint density at radius 3 is 2.42 bits per heavy atom. The fourth-order valence-corrected chi connectivity index (χ4v) is 2.14. The summed E-state index contributed by atoms with van der Waals surface area (Å²) in [5.41, 5.74) is 1.13. The molecule has 24 heavy (non-hydrogen) atoms. The van der Waals surface area contributed by atoms with Crippen molar-refractivity contribution in [3.05, 3.63) is 47.5 Å². The highest BCUT2D eigenvalue weighted by Crippen LogP contribution is 2.27. The average molecular weight is 357 g/mol. The van der Waals surface area contributed by atoms with Crippen LogP contribution in [0.2, 0.25) is 5.02 Å². The molecule has 2 aromatic carbocycles. The maximum absolute atomic E-state index is 12.1. The smallest absolute Gasteiger partial charge is 0.387 e. The van der Waals surface area contributed by atoms with E-state index in [2.05, 4.69) is 15.4 Å². The van der Waals surface area contributed by atoms with E-state index >= 15 is 0 Å². The van der Waals surface area contributed by atoms with E-state index in [0.29, 0.717) is 22.1 Å². The number of anilines is 2. The van der Waals surface area contributed by atoms with Gasteiger partial charge in [0.15, 0.2) is 0 Å². The van der Waals surface area contributed by atoms with Crippen molar-refractivity contribution >= 4 is 28.9 Å². The Kier molecular flexibility index (Phi) is 6.20. The van der Waals surface area contributed by atoms with Gasteiger partial charge in [-0.1, -0.05) is 11.6 Å². The van der Waals surface area contributed by atoms with Crippen molar-refractivity contribution in [2.24, 2.45) is 0 Å². The van der Waals surface area contributed by atoms with Crippen molar-refractivity contribution in [3.8, 4) is 11.5 Å². The standard InChI is InChI=1S/C16H15ClF2N2O3/c1-23-14-7-4-11(8-13(14)17)20-9-15(22)21-10-2-5-12(6-3-10)24-16(18)19/h2-8,16,20H,9H2,1H3,(H,21,22). The molecule has 0 atom stereocenters. The van der Waals surface area contributed by atoms with Crippen molar-refractivity contribution < 1.29 is 23.0 Å². The summed E-state index contributed by atoms with van der Waals surface area (Å²) in [6.45, 7) is -2.87. The molecule has 0 saturated carbocycles. The summed E-state index contributed by atoms with van der Waals surface area (Å²) in [4.78, 5) is 11.9. The van der Waals surface area contributed by atoms with E-state index in [1.165, 1.54) is 31.4 Å². The van der Waals surface area contributed by atoms with Gasteiger partial charge in [0.05, 0.1) is 18.7 Å². The van der Waals surface area contributed by atoms with Gasteiger partial charge in [-0.2, -0.15) is 8.78 Å². The van der Waals surface area contributed by atoms with E-state index < -0.39 is 6.61 Å². The summed E-state index contributed by atoms with van der Waals surface area (Å²) in [5.74, 6) is 0.260. The van der Waals surface area contributed by atoms with E-state index in [-0.39, 0.29) is 18.2 Å². The molecule has 0 aliphatic rings. The van der Waals surface area contributed by atoms with E-state index in [4.69, 9.17) is 16.3 Å². The van der Waals surface area contributed by atoms with Crippen LogP contribution in [-0.4, -0.2) is 26.2 Å². The van der Waals surface area contributed by atoms with Crippen molar-refractivity contribution in [2.75, 3.05) is 24.3 Å². The van der Waals surface area contributed by atoms with Gasteiger partial charge in [0.25, 0.3) is 0 Å². The molecule has 0 bridgehead atoms. The number of halogens is 3. The number of carbonyl (C=O) groups is 1. The zero-order valence-corrected chi connectivity index (χ0v) is 13.4. The summed E-state index contributed by atoms with van der Waals surface area (Å²) in [7, 11) is 1.51. The second-order valence-corrected chi connectivity index (χ2v) is 5.06. The number of benzene rings is 2. The Morgan fingerprint density at radius 2 is 1.83 bits per heavy atom. The zero-order chi connectivity index (χ0) is 17.5. The summed E-state index contributed by atoms with van der Waals surface area (Å²) in [6, 6.07) is 10.7. The largest absolute Gasteiger partial charge is 0.495 e. The first-order valence-electron chi connectivity index (χ1n) is 6.90. The Bertz CT molecular complexity index is 696. The lowest BCUT2D eigenvalue weighted by molar-refractivity contribution is -0.114. The van der Waals surface area contributed by atoms with Crippen LogP contribution in [0.25, 0.3) is 0 Å². The molecule has 1 amide bonds. The molecule has 5 nitrogen and oxygen atoms in total. The van der Waals surface area contributed by atoms with Crippen molar-refractivity contribution in [1.29, 1.82) is 0 Å². The number of hydrogen-bond acceptors (Lipinski definition) is 4. The van der Waals surface area contributed by atoms with Gasteiger partial charge >= 0.3 is 6.61 Å². The predicted molar refractivity (Wildman–Crippen MR) is 88.2 cm³/mol. The van der Waals surface area contributed by atoms with Crippen molar-refractivity contribution in [2.45, 2.75) is 6.61 Å². The summed E-state index contributed by atoms with van der Waals surface area (Å²) >= 11 is 5.99. The topological polar surface area (TPSA) is 59.6 Å². The van der Waals surface area contributed by atoms with Gasteiger partial charge in [-0.3, -0.25) is 4.79 Å². The first kappa shape index (κ1) is 17.8. The molecule has 0 aliphatic heterocycles. The highest BCUT2D eigenvalue weighted by molar-refractivity contribution is 6.32. The van der Waals surface area contributed by atoms with Gasteiger partial charge in [-0.05, 0) is 42.5 Å². The zero-order valence-electron chi connectivity index (χ0n) is 12.7. The van der Waals surface area contributed by atoms with Gasteiger partial charge < -0.3 is 20.1 Å². The molecule has 0 aromatic heterocycles. The molecule has 2 rings (SSSR count). The van der Waals surface area contributed by atoms with E-state index in [9.17, 15) is 13.6 Å². The molecule has 0 spiro atoms. The number of amides is 1. The Morgan fingerprint density at radius 1 is 1.17 bits per heavy atom. The number of ether oxygens (including phenoxy) is 2. The molecule has 0 aliphatic carbocycles. The predicted octanol–water partition coefficient (Wildman–Crippen LogP) is 4.00. The van der Waals surface area contributed by atoms with Crippen molar-refractivity contribution in [3.63, 3.8) is 0 Å². The van der Waals surface area contributed by atoms with Crippen LogP contribution in [0.5, 0.6) is 11.5 Å². The quantitative estimate of drug-likeness (QED) is 0.787. The maximum Gasteiger partial charge on any atom is 0.387 e. The summed E-state index contributed by atoms with van der Waals surface area (Å²) < 4.78 is 33.4. The van der Waals surface area contributed by atoms with E-state index in [0.717, 1.165) is 0 Å². The normalized spacial score (nSPS) is 10.4. The lowest BCUT2D eigenvalue weighted by Gasteiger charge is -2.10. The molecule has 0 fully saturated rings. The molecule has 0 radical (unpaired) electrons. The molecule has 2 aromatic rings. The lowest BCUT2D eigenvalue weighted by atomic mass is 10.3. The number of alkyl halides is 2. The maximum atomic E-state index is 12.1. The van der Waals surface area contributed by atoms with Crippen LogP contribution in [0.3, 0.4) is 0 Å². The van der Waals surface area contributed by atoms with Crippen molar-refractivity contribution in [1.82, 2.24) is 0 Å². The third kappa shape index (κ3) is 5.27. The highest BCUT2D eigenvalue weighted by Gasteiger charge is 2.07. The molecule has 8 heteroatoms. The minimum atomic E-state index is -2.88. The number of rotatable bonds is 7. The highest BCUT2D eigenvalue weighted by atomic mass is 35.5.